The molecule has 0 unspecified atom stereocenters. The van der Waals surface area contributed by atoms with Crippen LogP contribution < -0.4 is 10.1 Å². The number of rotatable bonds is 6. The Kier molecular flexibility index (Phi) is 6.78. The number of hydrogen-bond donors (Lipinski definition) is 1. The first-order chi connectivity index (χ1) is 12.6. The SMILES string of the molecule is O=C(COc1cccc(Cl)c1)NC1CCN(Cc2ccc(Cl)cc2)CC1. The summed E-state index contributed by atoms with van der Waals surface area (Å²) in [5, 5.41) is 4.41. The summed E-state index contributed by atoms with van der Waals surface area (Å²) < 4.78 is 5.48. The number of halogens is 2. The fourth-order valence-corrected chi connectivity index (χ4v) is 3.36. The third-order valence-corrected chi connectivity index (χ3v) is 4.93. The van der Waals surface area contributed by atoms with Gasteiger partial charge in [0.05, 0.1) is 0 Å². The second-order valence-electron chi connectivity index (χ2n) is 6.49. The predicted octanol–water partition coefficient (Wildman–Crippen LogP) is 4.15. The van der Waals surface area contributed by atoms with E-state index in [-0.39, 0.29) is 18.6 Å². The number of carbonyl (C=O) groups excluding carboxylic acids is 1. The van der Waals surface area contributed by atoms with Gasteiger partial charge in [0.1, 0.15) is 5.75 Å². The minimum absolute atomic E-state index is 0.00529. The lowest BCUT2D eigenvalue weighted by Gasteiger charge is -2.32. The molecule has 0 atom stereocenters. The van der Waals surface area contributed by atoms with Crippen molar-refractivity contribution < 1.29 is 9.53 Å². The lowest BCUT2D eigenvalue weighted by atomic mass is 10.0. The maximum atomic E-state index is 12.1. The van der Waals surface area contributed by atoms with E-state index in [0.29, 0.717) is 10.8 Å². The lowest BCUT2D eigenvalue weighted by Crippen LogP contribution is -2.45. The molecule has 1 aliphatic heterocycles. The molecule has 1 amide bonds. The third kappa shape index (κ3) is 5.90. The molecule has 2 aromatic carbocycles. The number of nitrogens with one attached hydrogen (secondary N) is 1. The summed E-state index contributed by atoms with van der Waals surface area (Å²) in [7, 11) is 0. The summed E-state index contributed by atoms with van der Waals surface area (Å²) in [5.41, 5.74) is 1.26. The number of carbonyl (C=O) groups is 1. The van der Waals surface area contributed by atoms with Crippen LogP contribution in [0.1, 0.15) is 18.4 Å². The van der Waals surface area contributed by atoms with Crippen LogP contribution in [-0.2, 0) is 11.3 Å². The molecule has 0 bridgehead atoms. The standard InChI is InChI=1S/C20H22Cl2N2O2/c21-16-6-4-15(5-7-16)13-24-10-8-18(9-11-24)23-20(25)14-26-19-3-1-2-17(22)12-19/h1-7,12,18H,8-11,13-14H2,(H,23,25). The van der Waals surface area contributed by atoms with Crippen LogP contribution in [0, 0.1) is 0 Å². The van der Waals surface area contributed by atoms with E-state index in [1.54, 1.807) is 24.3 Å². The van der Waals surface area contributed by atoms with Gasteiger partial charge in [-0.2, -0.15) is 0 Å². The Morgan fingerprint density at radius 3 is 2.50 bits per heavy atom. The molecule has 1 fully saturated rings. The van der Waals surface area contributed by atoms with Crippen LogP contribution >= 0.6 is 23.2 Å². The monoisotopic (exact) mass is 392 g/mol. The topological polar surface area (TPSA) is 41.6 Å². The van der Waals surface area contributed by atoms with Crippen LogP contribution in [0.2, 0.25) is 10.0 Å². The van der Waals surface area contributed by atoms with E-state index in [9.17, 15) is 4.79 Å². The normalized spacial score (nSPS) is 15.6. The van der Waals surface area contributed by atoms with E-state index in [1.165, 1.54) is 5.56 Å². The number of hydrogen-bond acceptors (Lipinski definition) is 3. The zero-order chi connectivity index (χ0) is 18.4. The van der Waals surface area contributed by atoms with E-state index in [1.807, 2.05) is 12.1 Å². The largest absolute Gasteiger partial charge is 0.484 e. The molecule has 0 radical (unpaired) electrons. The maximum absolute atomic E-state index is 12.1. The number of nitrogens with zero attached hydrogens (tertiary/aromatic N) is 1. The van der Waals surface area contributed by atoms with Gasteiger partial charge < -0.3 is 10.1 Å². The van der Waals surface area contributed by atoms with Crippen molar-refractivity contribution in [2.24, 2.45) is 0 Å². The van der Waals surface area contributed by atoms with E-state index in [4.69, 9.17) is 27.9 Å². The Labute approximate surface area is 164 Å². The van der Waals surface area contributed by atoms with Gasteiger partial charge in [0.2, 0.25) is 0 Å². The van der Waals surface area contributed by atoms with Gasteiger partial charge in [-0.25, -0.2) is 0 Å². The van der Waals surface area contributed by atoms with Crippen molar-refractivity contribution in [1.82, 2.24) is 10.2 Å². The van der Waals surface area contributed by atoms with Crippen LogP contribution in [0.5, 0.6) is 5.75 Å². The molecule has 3 rings (SSSR count). The summed E-state index contributed by atoms with van der Waals surface area (Å²) in [4.78, 5) is 14.5. The molecular weight excluding hydrogens is 371 g/mol. The van der Waals surface area contributed by atoms with Gasteiger partial charge in [0, 0.05) is 35.7 Å². The average molecular weight is 393 g/mol. The van der Waals surface area contributed by atoms with Crippen molar-refractivity contribution in [1.29, 1.82) is 0 Å². The number of benzene rings is 2. The van der Waals surface area contributed by atoms with Crippen LogP contribution in [0.4, 0.5) is 0 Å². The molecule has 0 aromatic heterocycles. The van der Waals surface area contributed by atoms with Crippen molar-refractivity contribution in [2.45, 2.75) is 25.4 Å². The van der Waals surface area contributed by atoms with Gasteiger partial charge in [-0.05, 0) is 48.7 Å². The molecule has 1 N–H and O–H groups in total. The first-order valence-electron chi connectivity index (χ1n) is 8.73. The molecule has 1 aliphatic rings. The quantitative estimate of drug-likeness (QED) is 0.802. The number of amides is 1. The highest BCUT2D eigenvalue weighted by Gasteiger charge is 2.20. The fraction of sp³-hybridized carbons (Fsp3) is 0.350. The number of ether oxygens (including phenoxy) is 1. The summed E-state index contributed by atoms with van der Waals surface area (Å²) in [5.74, 6) is 0.506. The Morgan fingerprint density at radius 1 is 1.08 bits per heavy atom. The van der Waals surface area contributed by atoms with Gasteiger partial charge in [0.25, 0.3) is 5.91 Å². The van der Waals surface area contributed by atoms with Crippen molar-refractivity contribution >= 4 is 29.1 Å². The molecule has 2 aromatic rings. The smallest absolute Gasteiger partial charge is 0.258 e. The molecule has 138 valence electrons. The second-order valence-corrected chi connectivity index (χ2v) is 7.36. The minimum atomic E-state index is -0.0962. The highest BCUT2D eigenvalue weighted by molar-refractivity contribution is 6.30. The summed E-state index contributed by atoms with van der Waals surface area (Å²) in [6.45, 7) is 2.84. The van der Waals surface area contributed by atoms with Crippen LogP contribution in [0.3, 0.4) is 0 Å². The summed E-state index contributed by atoms with van der Waals surface area (Å²) >= 11 is 11.8. The molecule has 1 saturated heterocycles. The summed E-state index contributed by atoms with van der Waals surface area (Å²) in [6.07, 6.45) is 1.88. The van der Waals surface area contributed by atoms with Gasteiger partial charge in [0.15, 0.2) is 6.61 Å². The first-order valence-corrected chi connectivity index (χ1v) is 9.48. The second kappa shape index (κ2) is 9.26. The molecule has 26 heavy (non-hydrogen) atoms. The van der Waals surface area contributed by atoms with Gasteiger partial charge in [-0.3, -0.25) is 9.69 Å². The van der Waals surface area contributed by atoms with E-state index in [2.05, 4.69) is 22.3 Å². The lowest BCUT2D eigenvalue weighted by molar-refractivity contribution is -0.124. The van der Waals surface area contributed by atoms with E-state index in [0.717, 1.165) is 37.5 Å². The van der Waals surface area contributed by atoms with E-state index >= 15 is 0 Å². The summed E-state index contributed by atoms with van der Waals surface area (Å²) in [6, 6.07) is 15.2. The minimum Gasteiger partial charge on any atom is -0.484 e. The average Bonchev–Trinajstić information content (AvgIpc) is 2.64. The van der Waals surface area contributed by atoms with Crippen molar-refractivity contribution in [3.05, 3.63) is 64.1 Å². The first kappa shape index (κ1) is 19.0. The van der Waals surface area contributed by atoms with Gasteiger partial charge in [-0.15, -0.1) is 0 Å². The number of piperidine rings is 1. The zero-order valence-corrected chi connectivity index (χ0v) is 16.0. The Morgan fingerprint density at radius 2 is 1.81 bits per heavy atom. The predicted molar refractivity (Wildman–Crippen MR) is 105 cm³/mol. The zero-order valence-electron chi connectivity index (χ0n) is 14.5. The number of likely N-dealkylation sites (tertiary alicyclic amines) is 1. The molecule has 0 spiro atoms. The molecule has 0 aliphatic carbocycles. The third-order valence-electron chi connectivity index (χ3n) is 4.44. The Balaban J connectivity index is 1.38. The Hall–Kier alpha value is -1.75. The molecule has 6 heteroatoms. The maximum Gasteiger partial charge on any atom is 0.258 e. The Bertz CT molecular complexity index is 729. The molecule has 4 nitrogen and oxygen atoms in total. The van der Waals surface area contributed by atoms with Crippen LogP contribution in [0.25, 0.3) is 0 Å². The van der Waals surface area contributed by atoms with E-state index < -0.39 is 0 Å². The molecule has 0 saturated carbocycles. The van der Waals surface area contributed by atoms with Gasteiger partial charge in [-0.1, -0.05) is 41.4 Å². The van der Waals surface area contributed by atoms with Crippen molar-refractivity contribution in [2.75, 3.05) is 19.7 Å². The fourth-order valence-electron chi connectivity index (χ4n) is 3.06. The highest BCUT2D eigenvalue weighted by Crippen LogP contribution is 2.18. The van der Waals surface area contributed by atoms with Crippen molar-refractivity contribution in [3.8, 4) is 5.75 Å². The molecular formula is C20H22Cl2N2O2. The molecule has 1 heterocycles. The van der Waals surface area contributed by atoms with Gasteiger partial charge >= 0.3 is 0 Å². The highest BCUT2D eigenvalue weighted by atomic mass is 35.5. The van der Waals surface area contributed by atoms with Crippen LogP contribution in [-0.4, -0.2) is 36.5 Å². The van der Waals surface area contributed by atoms with Crippen LogP contribution in [0.15, 0.2) is 48.5 Å². The van der Waals surface area contributed by atoms with Crippen molar-refractivity contribution in [3.63, 3.8) is 0 Å².